The summed E-state index contributed by atoms with van der Waals surface area (Å²) in [6.07, 6.45) is 2.75. The molecule has 1 N–H and O–H groups in total. The number of aliphatic hydroxyl groups is 1. The van der Waals surface area contributed by atoms with Gasteiger partial charge >= 0.3 is 0 Å². The second kappa shape index (κ2) is 5.95. The summed E-state index contributed by atoms with van der Waals surface area (Å²) in [6.45, 7) is 0.242. The molecule has 0 amide bonds. The number of aryl methyl sites for hydroxylation is 1. The molecule has 0 saturated heterocycles. The van der Waals surface area contributed by atoms with Crippen molar-refractivity contribution < 1.29 is 5.11 Å². The Morgan fingerprint density at radius 1 is 1.00 bits per heavy atom. The first-order valence-corrected chi connectivity index (χ1v) is 5.94. The second-order valence-corrected chi connectivity index (χ2v) is 5.66. The van der Waals surface area contributed by atoms with Gasteiger partial charge in [-0.05, 0) is 24.8 Å². The number of hydrogen-bond acceptors (Lipinski definition) is 1. The lowest BCUT2D eigenvalue weighted by molar-refractivity contribution is 0.284. The van der Waals surface area contributed by atoms with Crippen molar-refractivity contribution in [2.45, 2.75) is 23.1 Å². The molecule has 1 aromatic carbocycles. The molecule has 1 aromatic rings. The molecule has 1 rings (SSSR count). The summed E-state index contributed by atoms with van der Waals surface area (Å²) in [5.41, 5.74) is 1.87. The van der Waals surface area contributed by atoms with E-state index in [1.807, 2.05) is 24.3 Å². The van der Waals surface area contributed by atoms with Gasteiger partial charge in [0.25, 0.3) is 0 Å². The third-order valence-corrected chi connectivity index (χ3v) is 2.81. The van der Waals surface area contributed by atoms with E-state index < -0.39 is 3.79 Å². The van der Waals surface area contributed by atoms with Gasteiger partial charge in [-0.25, -0.2) is 0 Å². The van der Waals surface area contributed by atoms with Crippen LogP contribution in [-0.4, -0.2) is 11.7 Å². The van der Waals surface area contributed by atoms with Crippen LogP contribution in [0.15, 0.2) is 24.3 Å². The van der Waals surface area contributed by atoms with Gasteiger partial charge in [0, 0.05) is 12.2 Å². The molecule has 0 atom stereocenters. The summed E-state index contributed by atoms with van der Waals surface area (Å²) in [5, 5.41) is 8.64. The van der Waals surface area contributed by atoms with Gasteiger partial charge in [-0.1, -0.05) is 59.1 Å². The highest BCUT2D eigenvalue weighted by Crippen LogP contribution is 2.37. The van der Waals surface area contributed by atoms with Crippen LogP contribution in [0, 0.1) is 0 Å². The predicted molar refractivity (Wildman–Crippen MR) is 65.7 cm³/mol. The first-order valence-electron chi connectivity index (χ1n) is 4.81. The van der Waals surface area contributed by atoms with Crippen molar-refractivity contribution in [3.05, 3.63) is 35.4 Å². The normalized spacial score (nSPS) is 11.7. The third kappa shape index (κ3) is 4.60. The summed E-state index contributed by atoms with van der Waals surface area (Å²) in [5.74, 6) is 0. The first-order chi connectivity index (χ1) is 7.04. The van der Waals surface area contributed by atoms with Crippen molar-refractivity contribution in [2.75, 3.05) is 6.61 Å². The molecule has 0 saturated carbocycles. The molecule has 15 heavy (non-hydrogen) atoms. The molecule has 1 nitrogen and oxygen atoms in total. The number of rotatable bonds is 4. The lowest BCUT2D eigenvalue weighted by Gasteiger charge is -2.11. The van der Waals surface area contributed by atoms with E-state index >= 15 is 0 Å². The molecule has 0 unspecified atom stereocenters. The maximum Gasteiger partial charge on any atom is 0.216 e. The van der Waals surface area contributed by atoms with E-state index in [0.717, 1.165) is 19.3 Å². The van der Waals surface area contributed by atoms with Gasteiger partial charge in [-0.15, -0.1) is 0 Å². The molecular formula is C11H13Cl3O. The fourth-order valence-corrected chi connectivity index (χ4v) is 1.68. The summed E-state index contributed by atoms with van der Waals surface area (Å²) in [6, 6.07) is 7.55. The van der Waals surface area contributed by atoms with Crippen molar-refractivity contribution in [2.24, 2.45) is 0 Å². The smallest absolute Gasteiger partial charge is 0.216 e. The van der Waals surface area contributed by atoms with Crippen molar-refractivity contribution >= 4 is 34.8 Å². The first kappa shape index (κ1) is 13.1. The number of aliphatic hydroxyl groups excluding tert-OH is 1. The van der Waals surface area contributed by atoms with E-state index in [1.54, 1.807) is 0 Å². The van der Waals surface area contributed by atoms with Crippen LogP contribution in [0.1, 0.15) is 24.0 Å². The summed E-state index contributed by atoms with van der Waals surface area (Å²) in [7, 11) is 0. The Kier molecular flexibility index (Phi) is 5.20. The van der Waals surface area contributed by atoms with E-state index in [0.29, 0.717) is 5.56 Å². The van der Waals surface area contributed by atoms with E-state index in [9.17, 15) is 0 Å². The van der Waals surface area contributed by atoms with Gasteiger partial charge in [0.05, 0.1) is 0 Å². The topological polar surface area (TPSA) is 20.2 Å². The predicted octanol–water partition coefficient (Wildman–Crippen LogP) is 3.83. The molecule has 0 bridgehead atoms. The van der Waals surface area contributed by atoms with Crippen LogP contribution < -0.4 is 0 Å². The minimum atomic E-state index is -1.34. The van der Waals surface area contributed by atoms with Crippen LogP contribution in [0.3, 0.4) is 0 Å². The fourth-order valence-electron chi connectivity index (χ4n) is 1.30. The van der Waals surface area contributed by atoms with Crippen LogP contribution in [0.2, 0.25) is 0 Å². The number of benzene rings is 1. The third-order valence-electron chi connectivity index (χ3n) is 2.15. The molecule has 0 aliphatic rings. The van der Waals surface area contributed by atoms with E-state index in [-0.39, 0.29) is 6.61 Å². The highest BCUT2D eigenvalue weighted by Gasteiger charge is 2.21. The van der Waals surface area contributed by atoms with Gasteiger partial charge in [0.1, 0.15) is 0 Å². The van der Waals surface area contributed by atoms with Crippen LogP contribution in [-0.2, 0) is 10.2 Å². The summed E-state index contributed by atoms with van der Waals surface area (Å²) < 4.78 is -1.34. The molecule has 0 radical (unpaired) electrons. The molecular weight excluding hydrogens is 254 g/mol. The Hall–Kier alpha value is 0.0500. The Morgan fingerprint density at radius 2 is 1.60 bits per heavy atom. The maximum absolute atomic E-state index is 8.64. The van der Waals surface area contributed by atoms with Gasteiger partial charge in [0.2, 0.25) is 3.79 Å². The Bertz CT molecular complexity index is 290. The lowest BCUT2D eigenvalue weighted by atomic mass is 10.1. The molecule has 0 fully saturated rings. The molecule has 0 spiro atoms. The summed E-state index contributed by atoms with van der Waals surface area (Å²) in [4.78, 5) is 0. The van der Waals surface area contributed by atoms with Crippen LogP contribution in [0.4, 0.5) is 0 Å². The minimum Gasteiger partial charge on any atom is -0.396 e. The fraction of sp³-hybridized carbons (Fsp3) is 0.455. The number of alkyl halides is 3. The maximum atomic E-state index is 8.64. The molecule has 0 aromatic heterocycles. The Labute approximate surface area is 105 Å². The van der Waals surface area contributed by atoms with Crippen molar-refractivity contribution in [3.8, 4) is 0 Å². The molecule has 0 heterocycles. The quantitative estimate of drug-likeness (QED) is 0.649. The van der Waals surface area contributed by atoms with Crippen molar-refractivity contribution in [3.63, 3.8) is 0 Å². The zero-order valence-electron chi connectivity index (χ0n) is 8.22. The minimum absolute atomic E-state index is 0.242. The monoisotopic (exact) mass is 266 g/mol. The number of unbranched alkanes of at least 4 members (excludes halogenated alkanes) is 1. The van der Waals surface area contributed by atoms with Gasteiger partial charge in [-0.2, -0.15) is 0 Å². The second-order valence-electron chi connectivity index (χ2n) is 3.38. The van der Waals surface area contributed by atoms with Gasteiger partial charge in [-0.3, -0.25) is 0 Å². The van der Waals surface area contributed by atoms with Crippen LogP contribution >= 0.6 is 34.8 Å². The average Bonchev–Trinajstić information content (AvgIpc) is 2.18. The Balaban J connectivity index is 2.57. The van der Waals surface area contributed by atoms with Gasteiger partial charge in [0.15, 0.2) is 0 Å². The number of halogens is 3. The zero-order valence-corrected chi connectivity index (χ0v) is 10.5. The van der Waals surface area contributed by atoms with Crippen LogP contribution in [0.5, 0.6) is 0 Å². The largest absolute Gasteiger partial charge is 0.396 e. The lowest BCUT2D eigenvalue weighted by Crippen LogP contribution is -1.99. The highest BCUT2D eigenvalue weighted by molar-refractivity contribution is 6.66. The van der Waals surface area contributed by atoms with E-state index in [4.69, 9.17) is 39.9 Å². The van der Waals surface area contributed by atoms with Crippen LogP contribution in [0.25, 0.3) is 0 Å². The van der Waals surface area contributed by atoms with Crippen molar-refractivity contribution in [1.29, 1.82) is 0 Å². The standard InChI is InChI=1S/C11H13Cl3O/c12-11(13,14)10-6-4-9(5-7-10)3-1-2-8-15/h4-7,15H,1-3,8H2. The average molecular weight is 268 g/mol. The molecule has 0 aliphatic carbocycles. The summed E-state index contributed by atoms with van der Waals surface area (Å²) >= 11 is 17.2. The Morgan fingerprint density at radius 3 is 2.07 bits per heavy atom. The number of hydrogen-bond donors (Lipinski definition) is 1. The molecule has 4 heteroatoms. The SMILES string of the molecule is OCCCCc1ccc(C(Cl)(Cl)Cl)cc1. The highest BCUT2D eigenvalue weighted by atomic mass is 35.6. The van der Waals surface area contributed by atoms with Gasteiger partial charge < -0.3 is 5.11 Å². The molecule has 84 valence electrons. The van der Waals surface area contributed by atoms with E-state index in [2.05, 4.69) is 0 Å². The van der Waals surface area contributed by atoms with Crippen molar-refractivity contribution in [1.82, 2.24) is 0 Å². The van der Waals surface area contributed by atoms with E-state index in [1.165, 1.54) is 5.56 Å². The molecule has 0 aliphatic heterocycles. The zero-order chi connectivity index (χ0) is 11.3.